The van der Waals surface area contributed by atoms with E-state index in [2.05, 4.69) is 0 Å². The van der Waals surface area contributed by atoms with Gasteiger partial charge in [-0.1, -0.05) is 18.2 Å². The molecule has 1 aromatic carbocycles. The maximum atomic E-state index is 9.31. The maximum Gasteiger partial charge on any atom is 0.115 e. The maximum absolute atomic E-state index is 9.31. The molecule has 0 fully saturated rings. The Labute approximate surface area is 86.6 Å². The van der Waals surface area contributed by atoms with Gasteiger partial charge >= 0.3 is 0 Å². The molecule has 1 atom stereocenters. The molecule has 3 N–H and O–H groups in total. The summed E-state index contributed by atoms with van der Waals surface area (Å²) in [6.45, 7) is 0. The van der Waals surface area contributed by atoms with Crippen molar-refractivity contribution in [2.24, 2.45) is 5.73 Å². The SMILES string of the molecule is N[C@@H](c1cccc(O)c1)c1cccs1. The molecule has 0 saturated carbocycles. The highest BCUT2D eigenvalue weighted by Crippen LogP contribution is 2.25. The zero-order valence-electron chi connectivity index (χ0n) is 7.55. The third-order valence-electron chi connectivity index (χ3n) is 2.08. The molecule has 0 aliphatic heterocycles. The molecule has 0 amide bonds. The van der Waals surface area contributed by atoms with Gasteiger partial charge in [0, 0.05) is 4.88 Å². The van der Waals surface area contributed by atoms with Gasteiger partial charge in [0.25, 0.3) is 0 Å². The number of phenols is 1. The van der Waals surface area contributed by atoms with Crippen molar-refractivity contribution in [3.63, 3.8) is 0 Å². The van der Waals surface area contributed by atoms with E-state index in [0.29, 0.717) is 0 Å². The number of benzene rings is 1. The number of aromatic hydroxyl groups is 1. The Morgan fingerprint density at radius 2 is 2.07 bits per heavy atom. The number of rotatable bonds is 2. The van der Waals surface area contributed by atoms with Crippen LogP contribution in [0.2, 0.25) is 0 Å². The molecule has 14 heavy (non-hydrogen) atoms. The molecule has 2 rings (SSSR count). The molecule has 0 unspecified atom stereocenters. The molecule has 0 saturated heterocycles. The second-order valence-corrected chi connectivity index (χ2v) is 4.07. The molecule has 1 aromatic heterocycles. The predicted molar refractivity (Wildman–Crippen MR) is 58.5 cm³/mol. The van der Waals surface area contributed by atoms with Gasteiger partial charge in [-0.25, -0.2) is 0 Å². The van der Waals surface area contributed by atoms with E-state index in [9.17, 15) is 5.11 Å². The number of hydrogen-bond acceptors (Lipinski definition) is 3. The molecular weight excluding hydrogens is 194 g/mol. The lowest BCUT2D eigenvalue weighted by molar-refractivity contribution is 0.474. The summed E-state index contributed by atoms with van der Waals surface area (Å²) in [5, 5.41) is 11.3. The summed E-state index contributed by atoms with van der Waals surface area (Å²) in [7, 11) is 0. The lowest BCUT2D eigenvalue weighted by Crippen LogP contribution is -2.09. The van der Waals surface area contributed by atoms with Gasteiger partial charge in [0.15, 0.2) is 0 Å². The van der Waals surface area contributed by atoms with Crippen molar-refractivity contribution >= 4 is 11.3 Å². The largest absolute Gasteiger partial charge is 0.508 e. The van der Waals surface area contributed by atoms with Gasteiger partial charge in [-0.15, -0.1) is 11.3 Å². The Morgan fingerprint density at radius 1 is 1.21 bits per heavy atom. The number of thiophene rings is 1. The van der Waals surface area contributed by atoms with Crippen molar-refractivity contribution < 1.29 is 5.11 Å². The Balaban J connectivity index is 2.32. The van der Waals surface area contributed by atoms with E-state index < -0.39 is 0 Å². The highest BCUT2D eigenvalue weighted by atomic mass is 32.1. The molecule has 1 heterocycles. The Morgan fingerprint density at radius 3 is 2.71 bits per heavy atom. The van der Waals surface area contributed by atoms with E-state index in [1.165, 1.54) is 0 Å². The van der Waals surface area contributed by atoms with Crippen LogP contribution in [0.15, 0.2) is 41.8 Å². The highest BCUT2D eigenvalue weighted by Gasteiger charge is 2.09. The molecule has 2 nitrogen and oxygen atoms in total. The van der Waals surface area contributed by atoms with Crippen molar-refractivity contribution in [2.75, 3.05) is 0 Å². The van der Waals surface area contributed by atoms with E-state index in [-0.39, 0.29) is 11.8 Å². The first-order chi connectivity index (χ1) is 6.77. The fraction of sp³-hybridized carbons (Fsp3) is 0.0909. The van der Waals surface area contributed by atoms with Crippen LogP contribution in [0.3, 0.4) is 0 Å². The van der Waals surface area contributed by atoms with Crippen molar-refractivity contribution in [2.45, 2.75) is 6.04 Å². The lowest BCUT2D eigenvalue weighted by Gasteiger charge is -2.09. The third-order valence-corrected chi connectivity index (χ3v) is 3.03. The smallest absolute Gasteiger partial charge is 0.115 e. The first-order valence-electron chi connectivity index (χ1n) is 4.35. The summed E-state index contributed by atoms with van der Waals surface area (Å²) >= 11 is 1.63. The van der Waals surface area contributed by atoms with Crippen LogP contribution in [0.25, 0.3) is 0 Å². The monoisotopic (exact) mass is 205 g/mol. The average Bonchev–Trinajstić information content (AvgIpc) is 2.69. The molecule has 2 aromatic rings. The van der Waals surface area contributed by atoms with Crippen LogP contribution in [-0.4, -0.2) is 5.11 Å². The molecule has 0 spiro atoms. The van der Waals surface area contributed by atoms with Crippen LogP contribution < -0.4 is 5.73 Å². The molecule has 3 heteroatoms. The summed E-state index contributed by atoms with van der Waals surface area (Å²) in [6, 6.07) is 10.9. The molecular formula is C11H11NOS. The fourth-order valence-electron chi connectivity index (χ4n) is 1.35. The minimum Gasteiger partial charge on any atom is -0.508 e. The predicted octanol–water partition coefficient (Wildman–Crippen LogP) is 2.50. The Kier molecular flexibility index (Phi) is 2.52. The van der Waals surface area contributed by atoms with E-state index in [4.69, 9.17) is 5.73 Å². The van der Waals surface area contributed by atoms with Crippen molar-refractivity contribution in [1.29, 1.82) is 0 Å². The van der Waals surface area contributed by atoms with Crippen molar-refractivity contribution in [3.8, 4) is 5.75 Å². The summed E-state index contributed by atoms with van der Waals surface area (Å²) in [4.78, 5) is 1.11. The number of phenolic OH excluding ortho intramolecular Hbond substituents is 1. The van der Waals surface area contributed by atoms with E-state index in [0.717, 1.165) is 10.4 Å². The zero-order valence-corrected chi connectivity index (χ0v) is 8.37. The summed E-state index contributed by atoms with van der Waals surface area (Å²) in [5.74, 6) is 0.259. The van der Waals surface area contributed by atoms with Crippen LogP contribution in [0.4, 0.5) is 0 Å². The lowest BCUT2D eigenvalue weighted by atomic mass is 10.1. The van der Waals surface area contributed by atoms with Gasteiger partial charge in [-0.05, 0) is 29.1 Å². The minimum absolute atomic E-state index is 0.137. The molecule has 0 radical (unpaired) electrons. The summed E-state index contributed by atoms with van der Waals surface area (Å²) < 4.78 is 0. The topological polar surface area (TPSA) is 46.2 Å². The number of hydrogen-bond donors (Lipinski definition) is 2. The first kappa shape index (κ1) is 9.24. The summed E-state index contributed by atoms with van der Waals surface area (Å²) in [5.41, 5.74) is 6.97. The van der Waals surface area contributed by atoms with Gasteiger partial charge < -0.3 is 10.8 Å². The molecule has 72 valence electrons. The van der Waals surface area contributed by atoms with Crippen LogP contribution in [0, 0.1) is 0 Å². The van der Waals surface area contributed by atoms with Crippen LogP contribution >= 0.6 is 11.3 Å². The molecule has 0 bridgehead atoms. The average molecular weight is 205 g/mol. The second kappa shape index (κ2) is 3.82. The zero-order chi connectivity index (χ0) is 9.97. The van der Waals surface area contributed by atoms with Gasteiger partial charge in [0.05, 0.1) is 6.04 Å². The highest BCUT2D eigenvalue weighted by molar-refractivity contribution is 7.10. The second-order valence-electron chi connectivity index (χ2n) is 3.09. The van der Waals surface area contributed by atoms with Crippen molar-refractivity contribution in [1.82, 2.24) is 0 Å². The van der Waals surface area contributed by atoms with E-state index >= 15 is 0 Å². The van der Waals surface area contributed by atoms with E-state index in [1.807, 2.05) is 23.6 Å². The minimum atomic E-state index is -0.137. The first-order valence-corrected chi connectivity index (χ1v) is 5.23. The summed E-state index contributed by atoms with van der Waals surface area (Å²) in [6.07, 6.45) is 0. The van der Waals surface area contributed by atoms with Crippen LogP contribution in [0.1, 0.15) is 16.5 Å². The van der Waals surface area contributed by atoms with Crippen LogP contribution in [0.5, 0.6) is 5.75 Å². The standard InChI is InChI=1S/C11H11NOS/c12-11(10-5-2-6-14-10)8-3-1-4-9(13)7-8/h1-7,11,13H,12H2/t11-/m0/s1. The normalized spacial score (nSPS) is 12.6. The van der Waals surface area contributed by atoms with Gasteiger partial charge in [-0.3, -0.25) is 0 Å². The Bertz CT molecular complexity index is 411. The molecule has 0 aliphatic rings. The van der Waals surface area contributed by atoms with E-state index in [1.54, 1.807) is 29.5 Å². The number of nitrogens with two attached hydrogens (primary N) is 1. The van der Waals surface area contributed by atoms with Gasteiger partial charge in [-0.2, -0.15) is 0 Å². The van der Waals surface area contributed by atoms with Gasteiger partial charge in [0.2, 0.25) is 0 Å². The third kappa shape index (κ3) is 1.78. The fourth-order valence-corrected chi connectivity index (χ4v) is 2.10. The van der Waals surface area contributed by atoms with Crippen molar-refractivity contribution in [3.05, 3.63) is 52.2 Å². The quantitative estimate of drug-likeness (QED) is 0.791. The Hall–Kier alpha value is -1.32. The van der Waals surface area contributed by atoms with Gasteiger partial charge in [0.1, 0.15) is 5.75 Å². The molecule has 0 aliphatic carbocycles. The van der Waals surface area contributed by atoms with Crippen LogP contribution in [-0.2, 0) is 0 Å².